The molecule has 0 bridgehead atoms. The molecule has 1 spiro atoms. The van der Waals surface area contributed by atoms with E-state index >= 15 is 0 Å². The summed E-state index contributed by atoms with van der Waals surface area (Å²) in [6.07, 6.45) is 5.96. The second-order valence-corrected chi connectivity index (χ2v) is 11.0. The maximum absolute atomic E-state index is 12.4. The standard InChI is InChI=1S/C24H28Cl2N4O2/c1-14(5-17-9-27-28-22(31)21(17)26)10-30-12-24(13-30)7-15(8-24)6-16-3-4-19(25)20-18(16)11-29(2)23(20)32/h3-4,9,14-15H,5-8,10-13H2,1-2H3,(H,28,31)/t14-/m1/s1. The number of aromatic amines is 1. The molecule has 3 aliphatic rings. The minimum absolute atomic E-state index is 0.0397. The summed E-state index contributed by atoms with van der Waals surface area (Å²) in [5.74, 6) is 1.13. The molecule has 6 nitrogen and oxygen atoms in total. The quantitative estimate of drug-likeness (QED) is 0.690. The maximum Gasteiger partial charge on any atom is 0.283 e. The summed E-state index contributed by atoms with van der Waals surface area (Å²) in [7, 11) is 1.84. The van der Waals surface area contributed by atoms with E-state index < -0.39 is 0 Å². The predicted octanol–water partition coefficient (Wildman–Crippen LogP) is 3.80. The van der Waals surface area contributed by atoms with Gasteiger partial charge in [0.25, 0.3) is 11.5 Å². The van der Waals surface area contributed by atoms with Crippen molar-refractivity contribution >= 4 is 29.1 Å². The molecule has 1 aliphatic carbocycles. The zero-order valence-corrected chi connectivity index (χ0v) is 20.0. The second kappa shape index (κ2) is 8.15. The number of H-pyrrole nitrogens is 1. The van der Waals surface area contributed by atoms with E-state index in [1.165, 1.54) is 18.4 Å². The van der Waals surface area contributed by atoms with Crippen LogP contribution in [-0.4, -0.2) is 52.6 Å². The molecule has 5 rings (SSSR count). The monoisotopic (exact) mass is 474 g/mol. The van der Waals surface area contributed by atoms with Gasteiger partial charge in [-0.05, 0) is 65.7 Å². The number of carbonyl (C=O) groups is 1. The molecule has 32 heavy (non-hydrogen) atoms. The smallest absolute Gasteiger partial charge is 0.283 e. The molecule has 0 radical (unpaired) electrons. The third-order valence-electron chi connectivity index (χ3n) is 7.39. The van der Waals surface area contributed by atoms with Gasteiger partial charge in [-0.25, -0.2) is 5.10 Å². The average Bonchev–Trinajstić information content (AvgIpc) is 2.99. The topological polar surface area (TPSA) is 69.3 Å². The van der Waals surface area contributed by atoms with Crippen molar-refractivity contribution in [3.05, 3.63) is 61.0 Å². The third-order valence-corrected chi connectivity index (χ3v) is 8.12. The van der Waals surface area contributed by atoms with Gasteiger partial charge in [-0.1, -0.05) is 36.2 Å². The Morgan fingerprint density at radius 1 is 1.22 bits per heavy atom. The molecule has 1 saturated carbocycles. The lowest BCUT2D eigenvalue weighted by Gasteiger charge is -2.60. The minimum atomic E-state index is -0.317. The highest BCUT2D eigenvalue weighted by molar-refractivity contribution is 6.34. The highest BCUT2D eigenvalue weighted by Gasteiger charge is 2.52. The molecule has 1 aromatic carbocycles. The first-order valence-corrected chi connectivity index (χ1v) is 12.0. The number of hydrogen-bond donors (Lipinski definition) is 1. The van der Waals surface area contributed by atoms with Crippen molar-refractivity contribution in [2.75, 3.05) is 26.7 Å². The molecule has 3 heterocycles. The van der Waals surface area contributed by atoms with Gasteiger partial charge in [0.1, 0.15) is 5.02 Å². The Bertz CT molecular complexity index is 1120. The Labute approximate surface area is 197 Å². The third kappa shape index (κ3) is 3.87. The van der Waals surface area contributed by atoms with Gasteiger partial charge in [-0.2, -0.15) is 5.10 Å². The molecule has 0 unspecified atom stereocenters. The first-order valence-electron chi connectivity index (χ1n) is 11.2. The van der Waals surface area contributed by atoms with Crippen LogP contribution in [0.25, 0.3) is 0 Å². The lowest BCUT2D eigenvalue weighted by Crippen LogP contribution is -2.63. The summed E-state index contributed by atoms with van der Waals surface area (Å²) in [5, 5.41) is 7.07. The van der Waals surface area contributed by atoms with Gasteiger partial charge in [0, 0.05) is 33.2 Å². The van der Waals surface area contributed by atoms with Crippen LogP contribution in [0.5, 0.6) is 0 Å². The Morgan fingerprint density at radius 2 is 1.97 bits per heavy atom. The summed E-state index contributed by atoms with van der Waals surface area (Å²) in [6, 6.07) is 4.00. The number of carbonyl (C=O) groups excluding carboxylic acids is 1. The van der Waals surface area contributed by atoms with Crippen molar-refractivity contribution in [1.29, 1.82) is 0 Å². The Kier molecular flexibility index (Phi) is 5.59. The largest absolute Gasteiger partial charge is 0.337 e. The number of fused-ring (bicyclic) bond motifs is 1. The fraction of sp³-hybridized carbons (Fsp3) is 0.542. The first kappa shape index (κ1) is 21.9. The summed E-state index contributed by atoms with van der Waals surface area (Å²) >= 11 is 12.4. The number of aromatic nitrogens is 2. The van der Waals surface area contributed by atoms with Crippen molar-refractivity contribution < 1.29 is 4.79 Å². The summed E-state index contributed by atoms with van der Waals surface area (Å²) in [6.45, 7) is 6.17. The lowest BCUT2D eigenvalue weighted by molar-refractivity contribution is -0.0980. The fourth-order valence-electron chi connectivity index (χ4n) is 6.12. The zero-order chi connectivity index (χ0) is 22.6. The highest BCUT2D eigenvalue weighted by atomic mass is 35.5. The van der Waals surface area contributed by atoms with Crippen molar-refractivity contribution in [1.82, 2.24) is 20.0 Å². The van der Waals surface area contributed by atoms with Gasteiger partial charge in [-0.15, -0.1) is 0 Å². The van der Waals surface area contributed by atoms with E-state index in [9.17, 15) is 9.59 Å². The minimum Gasteiger partial charge on any atom is -0.337 e. The molecule has 1 N–H and O–H groups in total. The molecular formula is C24H28Cl2N4O2. The van der Waals surface area contributed by atoms with Crippen LogP contribution in [0.1, 0.15) is 46.8 Å². The number of nitrogens with zero attached hydrogens (tertiary/aromatic N) is 3. The average molecular weight is 475 g/mol. The van der Waals surface area contributed by atoms with Gasteiger partial charge in [0.2, 0.25) is 0 Å². The van der Waals surface area contributed by atoms with E-state index in [1.54, 1.807) is 11.1 Å². The number of rotatable bonds is 6. The fourth-order valence-corrected chi connectivity index (χ4v) is 6.54. The van der Waals surface area contributed by atoms with Crippen LogP contribution in [0.15, 0.2) is 23.1 Å². The number of benzene rings is 1. The maximum atomic E-state index is 12.4. The molecule has 1 saturated heterocycles. The van der Waals surface area contributed by atoms with Gasteiger partial charge in [-0.3, -0.25) is 9.59 Å². The molecule has 8 heteroatoms. The van der Waals surface area contributed by atoms with E-state index in [0.717, 1.165) is 43.6 Å². The molecule has 1 aromatic heterocycles. The van der Waals surface area contributed by atoms with Crippen LogP contribution < -0.4 is 5.56 Å². The lowest BCUT2D eigenvalue weighted by atomic mass is 9.56. The SMILES string of the molecule is C[C@H](Cc1cn[nH]c(=O)c1Cl)CN1CC2(CC(Cc3ccc(Cl)c4c3CN(C)C4=O)C2)C1. The van der Waals surface area contributed by atoms with Crippen molar-refractivity contribution in [2.45, 2.75) is 39.2 Å². The van der Waals surface area contributed by atoms with Crippen molar-refractivity contribution in [2.24, 2.45) is 17.3 Å². The predicted molar refractivity (Wildman–Crippen MR) is 125 cm³/mol. The Balaban J connectivity index is 1.12. The van der Waals surface area contributed by atoms with Gasteiger partial charge in [0.05, 0.1) is 16.8 Å². The number of likely N-dealkylation sites (tertiary alicyclic amines) is 1. The molecular weight excluding hydrogens is 447 g/mol. The normalized spacial score (nSPS) is 20.9. The van der Waals surface area contributed by atoms with Crippen LogP contribution in [0.4, 0.5) is 0 Å². The van der Waals surface area contributed by atoms with Crippen molar-refractivity contribution in [3.8, 4) is 0 Å². The van der Waals surface area contributed by atoms with Gasteiger partial charge < -0.3 is 9.80 Å². The summed E-state index contributed by atoms with van der Waals surface area (Å²) < 4.78 is 0. The van der Waals surface area contributed by atoms with Crippen LogP contribution in [0.2, 0.25) is 10.0 Å². The van der Waals surface area contributed by atoms with Gasteiger partial charge in [0.15, 0.2) is 0 Å². The molecule has 1 atom stereocenters. The molecule has 2 fully saturated rings. The van der Waals surface area contributed by atoms with Crippen LogP contribution >= 0.6 is 23.2 Å². The first-order chi connectivity index (χ1) is 15.2. The highest BCUT2D eigenvalue weighted by Crippen LogP contribution is 2.53. The Morgan fingerprint density at radius 3 is 2.72 bits per heavy atom. The molecule has 2 aromatic rings. The van der Waals surface area contributed by atoms with E-state index in [1.807, 2.05) is 13.1 Å². The number of halogens is 2. The molecule has 2 aliphatic heterocycles. The van der Waals surface area contributed by atoms with Crippen LogP contribution in [0.3, 0.4) is 0 Å². The number of hydrogen-bond acceptors (Lipinski definition) is 4. The zero-order valence-electron chi connectivity index (χ0n) is 18.5. The Hall–Kier alpha value is -1.89. The van der Waals surface area contributed by atoms with E-state index in [4.69, 9.17) is 23.2 Å². The number of nitrogens with one attached hydrogen (secondary N) is 1. The van der Waals surface area contributed by atoms with Crippen LogP contribution in [0, 0.1) is 17.3 Å². The van der Waals surface area contributed by atoms with Crippen molar-refractivity contribution in [3.63, 3.8) is 0 Å². The molecule has 170 valence electrons. The van der Waals surface area contributed by atoms with Crippen LogP contribution in [-0.2, 0) is 19.4 Å². The molecule has 1 amide bonds. The summed E-state index contributed by atoms with van der Waals surface area (Å²) in [4.78, 5) is 28.3. The van der Waals surface area contributed by atoms with E-state index in [2.05, 4.69) is 28.1 Å². The van der Waals surface area contributed by atoms with E-state index in [-0.39, 0.29) is 16.5 Å². The van der Waals surface area contributed by atoms with E-state index in [0.29, 0.717) is 34.4 Å². The summed E-state index contributed by atoms with van der Waals surface area (Å²) in [5.41, 5.74) is 4.09. The second-order valence-electron chi connectivity index (χ2n) is 10.2. The number of amides is 1. The van der Waals surface area contributed by atoms with Gasteiger partial charge >= 0.3 is 0 Å².